The van der Waals surface area contributed by atoms with E-state index >= 15 is 0 Å². The number of hydrogen-bond donors (Lipinski definition) is 0. The predicted octanol–water partition coefficient (Wildman–Crippen LogP) is 23.6. The van der Waals surface area contributed by atoms with E-state index in [0.29, 0.717) is 19.3 Å². The normalized spacial score (nSPS) is 12.7. The summed E-state index contributed by atoms with van der Waals surface area (Å²) in [5.74, 6) is -0.864. The zero-order valence-corrected chi connectivity index (χ0v) is 52.8. The number of hydrogen-bond acceptors (Lipinski definition) is 6. The highest BCUT2D eigenvalue weighted by molar-refractivity contribution is 5.71. The van der Waals surface area contributed by atoms with Gasteiger partial charge in [0.2, 0.25) is 0 Å². The van der Waals surface area contributed by atoms with E-state index in [-0.39, 0.29) is 31.1 Å². The van der Waals surface area contributed by atoms with Crippen LogP contribution in [0.5, 0.6) is 0 Å². The SMILES string of the molecule is CC/C=C\C/C=C\C/C=C\C/C=C\C/C=C\C/C=C\C/C=C\C/C=C\CCCCCCCCCCCCC(=O)OCC(COC(=O)CCCCCCCCCCC)OC(=O)CCCCCCCCCCCCCCCCCCCC. The van der Waals surface area contributed by atoms with Gasteiger partial charge in [0.05, 0.1) is 0 Å². The van der Waals surface area contributed by atoms with Gasteiger partial charge in [-0.05, 0) is 83.5 Å². The minimum absolute atomic E-state index is 0.0728. The van der Waals surface area contributed by atoms with Gasteiger partial charge in [0, 0.05) is 19.3 Å². The van der Waals surface area contributed by atoms with E-state index in [9.17, 15) is 14.4 Å². The predicted molar refractivity (Wildman–Crippen MR) is 348 cm³/mol. The molecule has 0 N–H and O–H groups in total. The summed E-state index contributed by atoms with van der Waals surface area (Å²) < 4.78 is 16.9. The summed E-state index contributed by atoms with van der Waals surface area (Å²) in [6.07, 6.45) is 91.5. The van der Waals surface area contributed by atoms with Crippen LogP contribution in [0.4, 0.5) is 0 Å². The molecule has 6 heteroatoms. The van der Waals surface area contributed by atoms with Crippen LogP contribution in [0.25, 0.3) is 0 Å². The van der Waals surface area contributed by atoms with Crippen molar-refractivity contribution in [3.8, 4) is 0 Å². The van der Waals surface area contributed by atoms with Crippen LogP contribution in [0.1, 0.15) is 335 Å². The van der Waals surface area contributed by atoms with E-state index in [4.69, 9.17) is 14.2 Å². The smallest absolute Gasteiger partial charge is 0.306 e. The number of ether oxygens (including phenoxy) is 3. The van der Waals surface area contributed by atoms with Crippen molar-refractivity contribution < 1.29 is 28.6 Å². The molecule has 80 heavy (non-hydrogen) atoms. The summed E-state index contributed by atoms with van der Waals surface area (Å²) in [6, 6.07) is 0. The topological polar surface area (TPSA) is 78.9 Å². The highest BCUT2D eigenvalue weighted by Gasteiger charge is 2.19. The molecule has 1 unspecified atom stereocenters. The molecular weight excluding hydrogens is 985 g/mol. The maximum absolute atomic E-state index is 12.9. The van der Waals surface area contributed by atoms with Crippen LogP contribution in [-0.4, -0.2) is 37.2 Å². The molecule has 0 aromatic rings. The quantitative estimate of drug-likeness (QED) is 0.0261. The van der Waals surface area contributed by atoms with Gasteiger partial charge in [-0.15, -0.1) is 0 Å². The molecule has 0 rings (SSSR count). The molecule has 0 bridgehead atoms. The first-order valence-corrected chi connectivity index (χ1v) is 34.2. The number of esters is 3. The van der Waals surface area contributed by atoms with Crippen LogP contribution >= 0.6 is 0 Å². The second-order valence-electron chi connectivity index (χ2n) is 22.7. The van der Waals surface area contributed by atoms with E-state index in [1.54, 1.807) is 0 Å². The number of allylic oxidation sites excluding steroid dienone is 16. The molecule has 0 amide bonds. The van der Waals surface area contributed by atoms with Crippen molar-refractivity contribution in [3.63, 3.8) is 0 Å². The molecule has 0 aliphatic carbocycles. The molecule has 0 spiro atoms. The minimum atomic E-state index is -0.775. The maximum atomic E-state index is 12.9. The average Bonchev–Trinajstić information content (AvgIpc) is 3.46. The molecule has 0 aromatic heterocycles. The van der Waals surface area contributed by atoms with Gasteiger partial charge in [0.25, 0.3) is 0 Å². The van der Waals surface area contributed by atoms with Crippen LogP contribution < -0.4 is 0 Å². The average molecular weight is 1110 g/mol. The molecule has 0 saturated carbocycles. The van der Waals surface area contributed by atoms with Gasteiger partial charge in [0.1, 0.15) is 13.2 Å². The van der Waals surface area contributed by atoms with Gasteiger partial charge >= 0.3 is 17.9 Å². The van der Waals surface area contributed by atoms with Gasteiger partial charge in [-0.25, -0.2) is 0 Å². The number of carbonyl (C=O) groups is 3. The molecular formula is C74H128O6. The van der Waals surface area contributed by atoms with Gasteiger partial charge in [-0.3, -0.25) is 14.4 Å². The van der Waals surface area contributed by atoms with Crippen molar-refractivity contribution in [2.75, 3.05) is 13.2 Å². The Bertz CT molecular complexity index is 1560. The third kappa shape index (κ3) is 65.1. The molecule has 0 saturated heterocycles. The number of rotatable bonds is 62. The summed E-state index contributed by atoms with van der Waals surface area (Å²) in [4.78, 5) is 38.2. The molecule has 0 heterocycles. The second-order valence-corrected chi connectivity index (χ2v) is 22.7. The largest absolute Gasteiger partial charge is 0.462 e. The highest BCUT2D eigenvalue weighted by atomic mass is 16.6. The van der Waals surface area contributed by atoms with Crippen molar-refractivity contribution in [2.45, 2.75) is 341 Å². The molecule has 0 aromatic carbocycles. The third-order valence-electron chi connectivity index (χ3n) is 14.9. The second kappa shape index (κ2) is 67.8. The van der Waals surface area contributed by atoms with Crippen LogP contribution in [0.3, 0.4) is 0 Å². The standard InChI is InChI=1S/C74H128O6/c1-4-7-10-13-16-19-21-23-25-27-29-30-31-32-33-34-35-36-37-38-39-40-41-42-43-44-45-47-48-50-52-55-58-61-64-67-73(76)79-70-71(69-78-72(75)66-63-60-57-54-18-15-12-9-6-3)80-74(77)68-65-62-59-56-53-51-49-46-28-26-24-22-20-17-14-11-8-5-2/h7,10,16,19,23,25,29-30,32-33,35-36,38-39,41-42,71H,4-6,8-9,11-15,17-18,20-22,24,26-28,31,34,37,40,43-70H2,1-3H3/b10-7-,19-16-,25-23-,30-29-,33-32-,36-35-,39-38-,42-41-. The lowest BCUT2D eigenvalue weighted by Crippen LogP contribution is -2.30. The van der Waals surface area contributed by atoms with E-state index < -0.39 is 6.10 Å². The fourth-order valence-electron chi connectivity index (χ4n) is 9.76. The lowest BCUT2D eigenvalue weighted by atomic mass is 10.0. The summed E-state index contributed by atoms with van der Waals surface area (Å²) in [7, 11) is 0. The molecule has 460 valence electrons. The Morgan fingerprint density at radius 3 is 0.762 bits per heavy atom. The Kier molecular flexibility index (Phi) is 64.7. The zero-order chi connectivity index (χ0) is 57.8. The van der Waals surface area contributed by atoms with Crippen LogP contribution in [-0.2, 0) is 28.6 Å². The first kappa shape index (κ1) is 76.3. The van der Waals surface area contributed by atoms with Crippen molar-refractivity contribution in [2.24, 2.45) is 0 Å². The Balaban J connectivity index is 4.13. The summed E-state index contributed by atoms with van der Waals surface area (Å²) >= 11 is 0. The zero-order valence-electron chi connectivity index (χ0n) is 52.8. The lowest BCUT2D eigenvalue weighted by Gasteiger charge is -2.18. The van der Waals surface area contributed by atoms with Crippen molar-refractivity contribution in [1.29, 1.82) is 0 Å². The van der Waals surface area contributed by atoms with E-state index in [1.807, 2.05) is 0 Å². The molecule has 1 atom stereocenters. The highest BCUT2D eigenvalue weighted by Crippen LogP contribution is 2.17. The maximum Gasteiger partial charge on any atom is 0.306 e. The van der Waals surface area contributed by atoms with Crippen molar-refractivity contribution in [1.82, 2.24) is 0 Å². The Labute approximate surface area is 496 Å². The molecule has 0 fully saturated rings. The fourth-order valence-corrected chi connectivity index (χ4v) is 9.76. The van der Waals surface area contributed by atoms with Gasteiger partial charge in [-0.1, -0.05) is 330 Å². The van der Waals surface area contributed by atoms with Gasteiger partial charge < -0.3 is 14.2 Å². The Hall–Kier alpha value is -3.67. The van der Waals surface area contributed by atoms with Crippen LogP contribution in [0.2, 0.25) is 0 Å². The minimum Gasteiger partial charge on any atom is -0.462 e. The Morgan fingerprint density at radius 2 is 0.487 bits per heavy atom. The van der Waals surface area contributed by atoms with Gasteiger partial charge in [0.15, 0.2) is 6.10 Å². The van der Waals surface area contributed by atoms with Crippen molar-refractivity contribution >= 4 is 17.9 Å². The van der Waals surface area contributed by atoms with E-state index in [2.05, 4.69) is 118 Å². The number of unbranched alkanes of at least 4 members (excludes halogenated alkanes) is 35. The summed E-state index contributed by atoms with van der Waals surface area (Å²) in [5.41, 5.74) is 0. The number of carbonyl (C=O) groups excluding carboxylic acids is 3. The van der Waals surface area contributed by atoms with Crippen LogP contribution in [0, 0.1) is 0 Å². The first-order chi connectivity index (χ1) is 39.5. The van der Waals surface area contributed by atoms with Crippen molar-refractivity contribution in [3.05, 3.63) is 97.2 Å². The summed E-state index contributed by atoms with van der Waals surface area (Å²) in [6.45, 7) is 6.54. The van der Waals surface area contributed by atoms with E-state index in [0.717, 1.165) is 109 Å². The Morgan fingerprint density at radius 1 is 0.263 bits per heavy atom. The fraction of sp³-hybridized carbons (Fsp3) is 0.743. The third-order valence-corrected chi connectivity index (χ3v) is 14.9. The first-order valence-electron chi connectivity index (χ1n) is 34.2. The van der Waals surface area contributed by atoms with Crippen LogP contribution in [0.15, 0.2) is 97.2 Å². The lowest BCUT2D eigenvalue weighted by molar-refractivity contribution is -0.167. The molecule has 0 radical (unpaired) electrons. The monoisotopic (exact) mass is 1110 g/mol. The molecule has 0 aliphatic rings. The van der Waals surface area contributed by atoms with E-state index in [1.165, 1.54) is 186 Å². The molecule has 6 nitrogen and oxygen atoms in total. The van der Waals surface area contributed by atoms with Gasteiger partial charge in [-0.2, -0.15) is 0 Å². The summed E-state index contributed by atoms with van der Waals surface area (Å²) in [5, 5.41) is 0. The molecule has 0 aliphatic heterocycles.